The average molecular weight is 523 g/mol. The van der Waals surface area contributed by atoms with Crippen molar-refractivity contribution in [3.8, 4) is 0 Å². The summed E-state index contributed by atoms with van der Waals surface area (Å²) < 4.78 is 17.4. The van der Waals surface area contributed by atoms with Crippen LogP contribution in [0.15, 0.2) is 12.2 Å². The first-order chi connectivity index (χ1) is 17.1. The summed E-state index contributed by atoms with van der Waals surface area (Å²) in [6.07, 6.45) is 10.8. The molecule has 2 unspecified atom stereocenters. The largest absolute Gasteiger partial charge is 0.469 e. The van der Waals surface area contributed by atoms with Crippen LogP contribution in [0.2, 0.25) is 0 Å². The van der Waals surface area contributed by atoms with E-state index in [0.29, 0.717) is 38.0 Å². The van der Waals surface area contributed by atoms with Gasteiger partial charge in [0.2, 0.25) is 0 Å². The van der Waals surface area contributed by atoms with E-state index in [2.05, 4.69) is 51.5 Å². The van der Waals surface area contributed by atoms with Crippen LogP contribution in [-0.2, 0) is 28.6 Å². The van der Waals surface area contributed by atoms with E-state index in [1.165, 1.54) is 26.4 Å². The number of carbonyl (C=O) groups excluding carboxylic acids is 3. The van der Waals surface area contributed by atoms with Crippen LogP contribution in [0.25, 0.3) is 0 Å². The standard InChI is InChI=1S/C31H54O6/c1-10-11-14-22(2)19-24(36-30(3,4)5)17-18-25-26(27(33)21-28(25)37-31(6,7)8)20-23(32)15-12-13-16-29(34)35-9/h17-18,22,24-26,28H,10-16,19-21H2,1-9H3/t22-,24?,25+,26+,28?/m0/s1. The molecule has 0 aromatic rings. The van der Waals surface area contributed by atoms with Gasteiger partial charge >= 0.3 is 5.97 Å². The third-order valence-electron chi connectivity index (χ3n) is 6.71. The molecule has 0 aromatic heterocycles. The molecular weight excluding hydrogens is 468 g/mol. The zero-order valence-corrected chi connectivity index (χ0v) is 25.1. The number of rotatable bonds is 16. The average Bonchev–Trinajstić information content (AvgIpc) is 3.04. The molecule has 1 saturated carbocycles. The third kappa shape index (κ3) is 14.3. The van der Waals surface area contributed by atoms with Gasteiger partial charge in [-0.15, -0.1) is 0 Å². The van der Waals surface area contributed by atoms with Crippen molar-refractivity contribution in [3.63, 3.8) is 0 Å². The molecule has 5 atom stereocenters. The molecule has 6 heteroatoms. The maximum Gasteiger partial charge on any atom is 0.305 e. The van der Waals surface area contributed by atoms with Crippen LogP contribution in [0.1, 0.15) is 120 Å². The molecule has 0 aromatic carbocycles. The first kappa shape index (κ1) is 33.5. The van der Waals surface area contributed by atoms with Gasteiger partial charge in [-0.05, 0) is 66.7 Å². The lowest BCUT2D eigenvalue weighted by molar-refractivity contribution is -0.140. The van der Waals surface area contributed by atoms with Crippen LogP contribution in [0, 0.1) is 17.8 Å². The molecule has 0 N–H and O–H groups in total. The normalized spacial score (nSPS) is 22.4. The van der Waals surface area contributed by atoms with Gasteiger partial charge in [0.15, 0.2) is 0 Å². The Labute approximate surface area is 226 Å². The molecule has 0 amide bonds. The molecule has 0 radical (unpaired) electrons. The summed E-state index contributed by atoms with van der Waals surface area (Å²) in [5, 5.41) is 0. The third-order valence-corrected chi connectivity index (χ3v) is 6.71. The van der Waals surface area contributed by atoms with Gasteiger partial charge in [-0.3, -0.25) is 14.4 Å². The van der Waals surface area contributed by atoms with Crippen molar-refractivity contribution in [2.24, 2.45) is 17.8 Å². The Morgan fingerprint density at radius 3 is 2.24 bits per heavy atom. The lowest BCUT2D eigenvalue weighted by atomic mass is 9.87. The lowest BCUT2D eigenvalue weighted by Crippen LogP contribution is -2.32. The summed E-state index contributed by atoms with van der Waals surface area (Å²) in [6, 6.07) is 0. The van der Waals surface area contributed by atoms with Gasteiger partial charge in [0, 0.05) is 37.5 Å². The molecular formula is C31H54O6. The van der Waals surface area contributed by atoms with E-state index in [0.717, 1.165) is 6.42 Å². The van der Waals surface area contributed by atoms with Crippen LogP contribution >= 0.6 is 0 Å². The second-order valence-corrected chi connectivity index (χ2v) is 12.8. The Hall–Kier alpha value is -1.53. The highest BCUT2D eigenvalue weighted by Crippen LogP contribution is 2.38. The Morgan fingerprint density at radius 1 is 1.03 bits per heavy atom. The predicted molar refractivity (Wildman–Crippen MR) is 148 cm³/mol. The number of unbranched alkanes of at least 4 members (excludes halogenated alkanes) is 2. The number of Topliss-reactive ketones (excluding diaryl/α,β-unsaturated/α-hetero) is 2. The monoisotopic (exact) mass is 522 g/mol. The van der Waals surface area contributed by atoms with Gasteiger partial charge < -0.3 is 14.2 Å². The molecule has 1 aliphatic rings. The molecule has 0 spiro atoms. The minimum atomic E-state index is -0.389. The zero-order valence-electron chi connectivity index (χ0n) is 25.1. The van der Waals surface area contributed by atoms with Crippen LogP contribution in [0.3, 0.4) is 0 Å². The maximum absolute atomic E-state index is 13.1. The van der Waals surface area contributed by atoms with Crippen molar-refractivity contribution in [2.45, 2.75) is 143 Å². The number of hydrogen-bond donors (Lipinski definition) is 0. The molecule has 0 saturated heterocycles. The van der Waals surface area contributed by atoms with Gasteiger partial charge in [0.05, 0.1) is 30.5 Å². The second-order valence-electron chi connectivity index (χ2n) is 12.8. The topological polar surface area (TPSA) is 78.9 Å². The van der Waals surface area contributed by atoms with E-state index < -0.39 is 0 Å². The highest BCUT2D eigenvalue weighted by molar-refractivity contribution is 5.90. The number of ether oxygens (including phenoxy) is 3. The van der Waals surface area contributed by atoms with Crippen molar-refractivity contribution in [3.05, 3.63) is 12.2 Å². The Kier molecular flexibility index (Phi) is 14.3. The number of esters is 1. The summed E-state index contributed by atoms with van der Waals surface area (Å²) >= 11 is 0. The molecule has 1 fully saturated rings. The first-order valence-corrected chi connectivity index (χ1v) is 14.3. The highest BCUT2D eigenvalue weighted by Gasteiger charge is 2.44. The molecule has 37 heavy (non-hydrogen) atoms. The van der Waals surface area contributed by atoms with E-state index in [-0.39, 0.29) is 59.2 Å². The smallest absolute Gasteiger partial charge is 0.305 e. The molecule has 1 rings (SSSR count). The highest BCUT2D eigenvalue weighted by atomic mass is 16.5. The van der Waals surface area contributed by atoms with Crippen LogP contribution in [-0.4, -0.2) is 48.1 Å². The van der Waals surface area contributed by atoms with Crippen molar-refractivity contribution in [2.75, 3.05) is 7.11 Å². The number of hydrogen-bond acceptors (Lipinski definition) is 6. The molecule has 214 valence electrons. The predicted octanol–water partition coefficient (Wildman–Crippen LogP) is 7.02. The Balaban J connectivity index is 3.02. The van der Waals surface area contributed by atoms with Crippen LogP contribution in [0.4, 0.5) is 0 Å². The second kappa shape index (κ2) is 15.8. The van der Waals surface area contributed by atoms with Gasteiger partial charge in [-0.25, -0.2) is 0 Å². The number of methoxy groups -OCH3 is 1. The molecule has 6 nitrogen and oxygen atoms in total. The van der Waals surface area contributed by atoms with Crippen LogP contribution in [0.5, 0.6) is 0 Å². The van der Waals surface area contributed by atoms with Gasteiger partial charge in [-0.2, -0.15) is 0 Å². The summed E-state index contributed by atoms with van der Waals surface area (Å²) in [4.78, 5) is 37.2. The van der Waals surface area contributed by atoms with E-state index in [1.54, 1.807) is 0 Å². The molecule has 1 aliphatic carbocycles. The lowest BCUT2D eigenvalue weighted by Gasteiger charge is -2.30. The minimum Gasteiger partial charge on any atom is -0.469 e. The Bertz CT molecular complexity index is 742. The fourth-order valence-electron chi connectivity index (χ4n) is 5.02. The van der Waals surface area contributed by atoms with E-state index in [1.807, 2.05) is 20.8 Å². The van der Waals surface area contributed by atoms with Crippen LogP contribution < -0.4 is 0 Å². The zero-order chi connectivity index (χ0) is 28.2. The SMILES string of the molecule is CCCC[C@H](C)CC(C=C[C@H]1C(OC(C)(C)C)CC(=O)[C@@H]1CC(=O)CCCCC(=O)OC)OC(C)(C)C. The summed E-state index contributed by atoms with van der Waals surface area (Å²) in [7, 11) is 1.37. The fourth-order valence-corrected chi connectivity index (χ4v) is 5.02. The summed E-state index contributed by atoms with van der Waals surface area (Å²) in [5.41, 5.74) is -0.675. The quantitative estimate of drug-likeness (QED) is 0.123. The number of carbonyl (C=O) groups is 3. The van der Waals surface area contributed by atoms with Crippen molar-refractivity contribution in [1.29, 1.82) is 0 Å². The summed E-state index contributed by atoms with van der Waals surface area (Å²) in [5.74, 6) is -0.120. The van der Waals surface area contributed by atoms with E-state index >= 15 is 0 Å². The van der Waals surface area contributed by atoms with Gasteiger partial charge in [0.25, 0.3) is 0 Å². The van der Waals surface area contributed by atoms with Crippen molar-refractivity contribution >= 4 is 17.5 Å². The van der Waals surface area contributed by atoms with Crippen molar-refractivity contribution in [1.82, 2.24) is 0 Å². The Morgan fingerprint density at radius 2 is 1.68 bits per heavy atom. The molecule has 0 heterocycles. The summed E-state index contributed by atoms with van der Waals surface area (Å²) in [6.45, 7) is 16.7. The maximum atomic E-state index is 13.1. The first-order valence-electron chi connectivity index (χ1n) is 14.3. The van der Waals surface area contributed by atoms with Gasteiger partial charge in [-0.1, -0.05) is 45.3 Å². The molecule has 0 aliphatic heterocycles. The van der Waals surface area contributed by atoms with Gasteiger partial charge in [0.1, 0.15) is 11.6 Å². The van der Waals surface area contributed by atoms with E-state index in [9.17, 15) is 14.4 Å². The minimum absolute atomic E-state index is 0.0625. The molecule has 0 bridgehead atoms. The van der Waals surface area contributed by atoms with E-state index in [4.69, 9.17) is 9.47 Å². The van der Waals surface area contributed by atoms with Crippen molar-refractivity contribution < 1.29 is 28.6 Å². The number of ketones is 2. The fraction of sp³-hybridized carbons (Fsp3) is 0.839.